The van der Waals surface area contributed by atoms with Gasteiger partial charge in [-0.05, 0) is 25.0 Å². The first kappa shape index (κ1) is 28.4. The van der Waals surface area contributed by atoms with Crippen molar-refractivity contribution >= 4 is 38.4 Å². The first-order valence-electron chi connectivity index (χ1n) is 11.9. The van der Waals surface area contributed by atoms with Crippen molar-refractivity contribution < 1.29 is 36.4 Å². The second-order valence-electron chi connectivity index (χ2n) is 9.72. The highest BCUT2D eigenvalue weighted by atomic mass is 32.2. The van der Waals surface area contributed by atoms with Gasteiger partial charge in [-0.3, -0.25) is 9.35 Å². The van der Waals surface area contributed by atoms with Crippen molar-refractivity contribution in [1.29, 1.82) is 0 Å². The fraction of sp³-hybridized carbons (Fsp3) is 0.360. The highest BCUT2D eigenvalue weighted by Gasteiger charge is 2.35. The van der Waals surface area contributed by atoms with Crippen LogP contribution in [0.1, 0.15) is 28.9 Å². The zero-order valence-electron chi connectivity index (χ0n) is 21.1. The van der Waals surface area contributed by atoms with E-state index in [2.05, 4.69) is 0 Å². The number of pyridine rings is 1. The first-order valence-corrected chi connectivity index (χ1v) is 13.4. The predicted octanol–water partition coefficient (Wildman–Crippen LogP) is 2.16. The Hall–Kier alpha value is -3.59. The molecule has 2 aliphatic heterocycles. The van der Waals surface area contributed by atoms with Gasteiger partial charge in [0.2, 0.25) is 5.43 Å². The van der Waals surface area contributed by atoms with E-state index in [1.807, 2.05) is 13.8 Å². The summed E-state index contributed by atoms with van der Waals surface area (Å²) in [6, 6.07) is 5.35. The van der Waals surface area contributed by atoms with Crippen molar-refractivity contribution in [2.75, 3.05) is 36.9 Å². The van der Waals surface area contributed by atoms with Gasteiger partial charge in [0.25, 0.3) is 10.1 Å². The number of nitrogens with two attached hydrogens (primary N) is 2. The van der Waals surface area contributed by atoms with Gasteiger partial charge in [-0.15, -0.1) is 0 Å². The summed E-state index contributed by atoms with van der Waals surface area (Å²) in [5.41, 5.74) is 10.1. The number of carboxylic acids is 1. The van der Waals surface area contributed by atoms with Crippen molar-refractivity contribution in [2.45, 2.75) is 30.8 Å². The number of fused-ring (bicyclic) bond motifs is 1. The number of aryl methyl sites for hydroxylation is 1. The maximum atomic E-state index is 15.6. The molecule has 2 atom stereocenters. The van der Waals surface area contributed by atoms with Crippen LogP contribution in [0.3, 0.4) is 0 Å². The van der Waals surface area contributed by atoms with Gasteiger partial charge in [-0.2, -0.15) is 8.42 Å². The van der Waals surface area contributed by atoms with Crippen LogP contribution in [0, 0.1) is 24.5 Å². The van der Waals surface area contributed by atoms with Crippen molar-refractivity contribution in [1.82, 2.24) is 4.57 Å². The van der Waals surface area contributed by atoms with E-state index in [1.165, 1.54) is 21.6 Å². The molecule has 0 bridgehead atoms. The van der Waals surface area contributed by atoms with E-state index < -0.39 is 49.8 Å². The van der Waals surface area contributed by atoms with Crippen molar-refractivity contribution in [3.63, 3.8) is 0 Å². The molecule has 5 rings (SSSR count). The molecular weight excluding hydrogens is 538 g/mol. The quantitative estimate of drug-likeness (QED) is 0.270. The first-order chi connectivity index (χ1) is 18.2. The normalized spacial score (nSPS) is 19.5. The lowest BCUT2D eigenvalue weighted by Crippen LogP contribution is -2.34. The van der Waals surface area contributed by atoms with Gasteiger partial charge in [0.05, 0.1) is 40.7 Å². The molecule has 3 heterocycles. The van der Waals surface area contributed by atoms with Crippen molar-refractivity contribution in [2.24, 2.45) is 11.7 Å². The van der Waals surface area contributed by atoms with E-state index in [-0.39, 0.29) is 53.9 Å². The minimum absolute atomic E-state index is 0.0207. The van der Waals surface area contributed by atoms with Crippen LogP contribution in [0.15, 0.2) is 40.2 Å². The van der Waals surface area contributed by atoms with Crippen LogP contribution in [0.4, 0.5) is 20.2 Å². The summed E-state index contributed by atoms with van der Waals surface area (Å²) < 4.78 is 66.6. The molecule has 2 fully saturated rings. The Bertz CT molecular complexity index is 1600. The topological polar surface area (TPSA) is 178 Å². The Morgan fingerprint density at radius 1 is 1.13 bits per heavy atom. The highest BCUT2D eigenvalue weighted by Crippen LogP contribution is 2.38. The van der Waals surface area contributed by atoms with Gasteiger partial charge in [-0.1, -0.05) is 24.6 Å². The number of carboxylic acid groups (broad SMARTS) is 1. The molecule has 2 aromatic carbocycles. The van der Waals surface area contributed by atoms with Crippen LogP contribution >= 0.6 is 0 Å². The van der Waals surface area contributed by atoms with Crippen LogP contribution in [0.2, 0.25) is 0 Å². The minimum Gasteiger partial charge on any atom is -0.477 e. The Labute approximate surface area is 222 Å². The highest BCUT2D eigenvalue weighted by molar-refractivity contribution is 7.85. The number of hydrogen-bond acceptors (Lipinski definition) is 8. The number of aromatic nitrogens is 1. The van der Waals surface area contributed by atoms with Crippen LogP contribution in [-0.2, 0) is 14.9 Å². The number of rotatable bonds is 4. The lowest BCUT2D eigenvalue weighted by molar-refractivity contribution is -0.0219. The van der Waals surface area contributed by atoms with E-state index in [4.69, 9.17) is 20.8 Å². The number of anilines is 2. The summed E-state index contributed by atoms with van der Waals surface area (Å²) in [7, 11) is -4.02. The van der Waals surface area contributed by atoms with Crippen LogP contribution in [0.25, 0.3) is 10.9 Å². The van der Waals surface area contributed by atoms with Gasteiger partial charge in [0.15, 0.2) is 11.6 Å². The number of nitrogen functional groups attached to an aromatic ring is 1. The molecule has 2 saturated heterocycles. The van der Waals surface area contributed by atoms with E-state index in [0.717, 1.165) is 11.8 Å². The molecule has 0 unspecified atom stereocenters. The number of nitrogens with zero attached hydrogens (tertiary/aromatic N) is 2. The number of halogens is 2. The van der Waals surface area contributed by atoms with E-state index >= 15 is 8.78 Å². The largest absolute Gasteiger partial charge is 0.477 e. The second-order valence-corrected chi connectivity index (χ2v) is 11.1. The SMILES string of the molecule is C[C@@H]1CN(c2c(F)c(N)c3c(=O)c(C(=O)O)cn(C4COC4)c3c2F)C[C@H]1N.Cc1ccc(S(=O)(=O)O)cc1. The van der Waals surface area contributed by atoms with Gasteiger partial charge >= 0.3 is 5.97 Å². The lowest BCUT2D eigenvalue weighted by Gasteiger charge is -2.31. The molecule has 6 N–H and O–H groups in total. The van der Waals surface area contributed by atoms with Gasteiger partial charge < -0.3 is 30.8 Å². The number of hydrogen-bond donors (Lipinski definition) is 4. The number of benzene rings is 2. The summed E-state index contributed by atoms with van der Waals surface area (Å²) in [5, 5.41) is 8.87. The molecule has 0 saturated carbocycles. The van der Waals surface area contributed by atoms with E-state index in [9.17, 15) is 23.1 Å². The molecule has 0 aliphatic carbocycles. The Balaban J connectivity index is 0.000000270. The molecule has 0 radical (unpaired) electrons. The summed E-state index contributed by atoms with van der Waals surface area (Å²) in [6.45, 7) is 4.73. The van der Waals surface area contributed by atoms with Crippen molar-refractivity contribution in [3.8, 4) is 0 Å². The third-order valence-corrected chi connectivity index (χ3v) is 7.78. The van der Waals surface area contributed by atoms with Crippen LogP contribution in [-0.4, -0.2) is 61.0 Å². The molecule has 3 aromatic rings. The molecule has 2 aliphatic rings. The van der Waals surface area contributed by atoms with Gasteiger partial charge in [0.1, 0.15) is 11.3 Å². The fourth-order valence-corrected chi connectivity index (χ4v) is 5.02. The van der Waals surface area contributed by atoms with Gasteiger partial charge in [-0.25, -0.2) is 13.6 Å². The smallest absolute Gasteiger partial charge is 0.341 e. The number of aromatic carboxylic acids is 1. The summed E-state index contributed by atoms with van der Waals surface area (Å²) in [6.07, 6.45) is 1.07. The zero-order valence-corrected chi connectivity index (χ0v) is 21.9. The zero-order chi connectivity index (χ0) is 28.8. The number of ether oxygens (including phenoxy) is 1. The van der Waals surface area contributed by atoms with Crippen LogP contribution in [0.5, 0.6) is 0 Å². The summed E-state index contributed by atoms with van der Waals surface area (Å²) >= 11 is 0. The third kappa shape index (κ3) is 5.32. The molecular formula is C25H28F2N4O7S. The van der Waals surface area contributed by atoms with Crippen LogP contribution < -0.4 is 21.8 Å². The third-order valence-electron chi connectivity index (χ3n) is 6.91. The Morgan fingerprint density at radius 2 is 1.74 bits per heavy atom. The molecule has 0 amide bonds. The van der Waals surface area contributed by atoms with Gasteiger partial charge in [0, 0.05) is 25.3 Å². The van der Waals surface area contributed by atoms with E-state index in [1.54, 1.807) is 12.1 Å². The minimum atomic E-state index is -4.02. The average molecular weight is 567 g/mol. The number of carbonyl (C=O) groups is 1. The maximum absolute atomic E-state index is 15.6. The Kier molecular flexibility index (Phi) is 7.67. The molecule has 39 heavy (non-hydrogen) atoms. The molecule has 1 aromatic heterocycles. The molecule has 210 valence electrons. The monoisotopic (exact) mass is 566 g/mol. The van der Waals surface area contributed by atoms with Crippen molar-refractivity contribution in [3.05, 3.63) is 63.4 Å². The fourth-order valence-electron chi connectivity index (χ4n) is 4.54. The molecule has 11 nitrogen and oxygen atoms in total. The molecule has 0 spiro atoms. The Morgan fingerprint density at radius 3 is 2.21 bits per heavy atom. The summed E-state index contributed by atoms with van der Waals surface area (Å²) in [4.78, 5) is 25.5. The predicted molar refractivity (Wildman–Crippen MR) is 140 cm³/mol. The summed E-state index contributed by atoms with van der Waals surface area (Å²) in [5.74, 6) is -3.51. The lowest BCUT2D eigenvalue weighted by atomic mass is 10.0. The molecule has 14 heteroatoms. The average Bonchev–Trinajstić information content (AvgIpc) is 3.14. The standard InChI is InChI=1S/C18H20F2N4O4.C7H8O3S/c1-7-2-23(4-10(7)21)16-12(19)14(22)11-15(13(16)20)24(8-5-28-6-8)3-9(17(11)25)18(26)27;1-6-2-4-7(5-3-6)11(8,9)10/h3,7-8,10H,2,4-6,21-22H2,1H3,(H,26,27);2-5H,1H3,(H,8,9,10)/t7-,10-;/m1./s1. The second kappa shape index (κ2) is 10.5. The maximum Gasteiger partial charge on any atom is 0.341 e. The van der Waals surface area contributed by atoms with E-state index in [0.29, 0.717) is 6.54 Å².